The van der Waals surface area contributed by atoms with Gasteiger partial charge in [-0.15, -0.1) is 0 Å². The first-order valence-corrected chi connectivity index (χ1v) is 32.1. The van der Waals surface area contributed by atoms with E-state index in [1.165, 1.54) is 114 Å². The van der Waals surface area contributed by atoms with Crippen molar-refractivity contribution in [3.63, 3.8) is 0 Å². The molecule has 8 aliphatic carbocycles. The highest BCUT2D eigenvalue weighted by Gasteiger charge is 2.61. The second-order valence-corrected chi connectivity index (χ2v) is 29.4. The van der Waals surface area contributed by atoms with E-state index in [-0.39, 0.29) is 48.1 Å². The van der Waals surface area contributed by atoms with Gasteiger partial charge in [0.25, 0.3) is 0 Å². The minimum absolute atomic E-state index is 0.0677. The molecule has 2 aromatic rings. The van der Waals surface area contributed by atoms with Crippen molar-refractivity contribution < 1.29 is 33.0 Å². The number of fused-ring (bicyclic) bond motifs is 10. The van der Waals surface area contributed by atoms with Gasteiger partial charge in [0, 0.05) is 25.0 Å². The number of carbonyl (C=O) groups excluding carboxylic acids is 3. The summed E-state index contributed by atoms with van der Waals surface area (Å²) in [5.74, 6) is 9.15. The van der Waals surface area contributed by atoms with E-state index in [1.54, 1.807) is 21.5 Å². The Morgan fingerprint density at radius 2 is 0.974 bits per heavy atom. The van der Waals surface area contributed by atoms with Crippen molar-refractivity contribution in [1.29, 1.82) is 0 Å². The van der Waals surface area contributed by atoms with Crippen LogP contribution in [0.3, 0.4) is 0 Å². The predicted molar refractivity (Wildman–Crippen MR) is 312 cm³/mol. The van der Waals surface area contributed by atoms with Crippen molar-refractivity contribution in [3.8, 4) is 0 Å². The molecule has 2 amide bonds. The normalized spacial score (nSPS) is 36.6. The van der Waals surface area contributed by atoms with Gasteiger partial charge in [-0.25, -0.2) is 14.4 Å². The van der Waals surface area contributed by atoms with Gasteiger partial charge in [0.15, 0.2) is 24.8 Å². The first kappa shape index (κ1) is 57.2. The van der Waals surface area contributed by atoms with E-state index in [0.717, 1.165) is 110 Å². The van der Waals surface area contributed by atoms with Gasteiger partial charge in [0.05, 0.1) is 0 Å². The molecule has 0 aliphatic heterocycles. The number of hydrogen-bond donors (Lipinski definition) is 2. The summed E-state index contributed by atoms with van der Waals surface area (Å²) >= 11 is 0. The summed E-state index contributed by atoms with van der Waals surface area (Å²) < 4.78 is 16.0. The Kier molecular flexibility index (Phi) is 17.2. The zero-order valence-corrected chi connectivity index (χ0v) is 50.3. The summed E-state index contributed by atoms with van der Waals surface area (Å²) in [4.78, 5) is 40.3. The number of amides is 2. The van der Waals surface area contributed by atoms with Crippen molar-refractivity contribution >= 4 is 29.3 Å². The number of nitrogens with zero attached hydrogens (tertiary/aromatic N) is 2. The number of aromatic nitrogens is 2. The largest absolute Gasteiger partial charge is 0.457 e. The molecule has 9 nitrogen and oxygen atoms in total. The van der Waals surface area contributed by atoms with Gasteiger partial charge in [0.2, 0.25) is 13.1 Å². The average molecular weight is 1070 g/mol. The van der Waals surface area contributed by atoms with E-state index in [2.05, 4.69) is 92.0 Å². The molecule has 78 heavy (non-hydrogen) atoms. The lowest BCUT2D eigenvalue weighted by atomic mass is 9.47. The van der Waals surface area contributed by atoms with Crippen LogP contribution in [0.1, 0.15) is 210 Å². The molecule has 6 saturated carbocycles. The first-order valence-electron chi connectivity index (χ1n) is 32.1. The third-order valence-electron chi connectivity index (χ3n) is 24.0. The maximum Gasteiger partial charge on any atom is 0.372 e. The molecule has 0 saturated heterocycles. The SMILES string of the molecule is CC(C)CCC[C@@H](C)[C@H]1CC[C@H]2[C@@H]3CC=C4CC(OC(=O)C[n+]5cccc(NC(=O)Nc6ccc[n+](CC(=O)OC7CC[C@@]8(C)C(=CC[C@H]9[C@@H]%10CC[C@H]([C@H](C)CCCC(C)C)[C@@]%10(C)CC[C@@H]98)C7)c6)c5)CC[C@]4(C)[C@H]3CC[C@]12C. The second-order valence-electron chi connectivity index (χ2n) is 29.4. The van der Waals surface area contributed by atoms with Gasteiger partial charge >= 0.3 is 18.0 Å². The summed E-state index contributed by atoms with van der Waals surface area (Å²) in [5.41, 5.74) is 5.54. The third kappa shape index (κ3) is 11.7. The summed E-state index contributed by atoms with van der Waals surface area (Å²) in [7, 11) is 0. The Hall–Kier alpha value is -4.01. The molecule has 6 fully saturated rings. The monoisotopic (exact) mass is 1070 g/mol. The highest BCUT2D eigenvalue weighted by Crippen LogP contribution is 2.69. The molecule has 0 aromatic carbocycles. The van der Waals surface area contributed by atoms with Gasteiger partial charge in [-0.05, 0) is 195 Å². The number of allylic oxidation sites excluding steroid dienone is 2. The topological polar surface area (TPSA) is 101 Å². The van der Waals surface area contributed by atoms with Crippen LogP contribution in [0.2, 0.25) is 0 Å². The summed E-state index contributed by atoms with van der Waals surface area (Å²) in [5, 5.41) is 5.86. The molecular weight excluding hydrogens is 965 g/mol. The fourth-order valence-corrected chi connectivity index (χ4v) is 19.9. The number of nitrogens with one attached hydrogen (secondary N) is 2. The molecule has 2 unspecified atom stereocenters. The molecule has 2 heterocycles. The number of esters is 2. The Morgan fingerprint density at radius 3 is 1.38 bits per heavy atom. The number of pyridine rings is 2. The molecule has 10 rings (SSSR count). The van der Waals surface area contributed by atoms with Gasteiger partial charge in [-0.3, -0.25) is 0 Å². The van der Waals surface area contributed by atoms with E-state index in [1.807, 2.05) is 36.7 Å². The molecule has 0 radical (unpaired) electrons. The molecule has 9 heteroatoms. The number of urea groups is 1. The van der Waals surface area contributed by atoms with Crippen LogP contribution in [0.5, 0.6) is 0 Å². The lowest BCUT2D eigenvalue weighted by Gasteiger charge is -2.58. The van der Waals surface area contributed by atoms with E-state index >= 15 is 0 Å². The van der Waals surface area contributed by atoms with Crippen LogP contribution in [0, 0.1) is 92.7 Å². The van der Waals surface area contributed by atoms with Crippen LogP contribution >= 0.6 is 0 Å². The number of carbonyl (C=O) groups is 3. The first-order chi connectivity index (χ1) is 37.2. The molecule has 428 valence electrons. The molecule has 8 aliphatic rings. The second kappa shape index (κ2) is 23.5. The quantitative estimate of drug-likeness (QED) is 0.0880. The predicted octanol–water partition coefficient (Wildman–Crippen LogP) is 15.8. The maximum absolute atomic E-state index is 13.5. The summed E-state index contributed by atoms with van der Waals surface area (Å²) in [6, 6.07) is 6.86. The average Bonchev–Trinajstić information content (AvgIpc) is 4.11. The molecule has 2 aromatic heterocycles. The number of hydrogen-bond acceptors (Lipinski definition) is 5. The molecule has 2 N–H and O–H groups in total. The zero-order chi connectivity index (χ0) is 55.1. The molecular formula is C69H104N4O5+2. The zero-order valence-electron chi connectivity index (χ0n) is 50.3. The fourth-order valence-electron chi connectivity index (χ4n) is 19.9. The Labute approximate surface area is 471 Å². The third-order valence-corrected chi connectivity index (χ3v) is 24.0. The van der Waals surface area contributed by atoms with Crippen LogP contribution in [-0.2, 0) is 32.2 Å². The summed E-state index contributed by atoms with van der Waals surface area (Å²) in [6.45, 7) is 25.1. The van der Waals surface area contributed by atoms with Crippen LogP contribution in [0.25, 0.3) is 0 Å². The van der Waals surface area contributed by atoms with E-state index in [0.29, 0.717) is 22.2 Å². The lowest BCUT2D eigenvalue weighted by Crippen LogP contribution is -2.51. The van der Waals surface area contributed by atoms with Crippen molar-refractivity contribution in [2.45, 2.75) is 236 Å². The van der Waals surface area contributed by atoms with Gasteiger partial charge in [0.1, 0.15) is 23.6 Å². The lowest BCUT2D eigenvalue weighted by molar-refractivity contribution is -0.685. The summed E-state index contributed by atoms with van der Waals surface area (Å²) in [6.07, 6.45) is 39.5. The van der Waals surface area contributed by atoms with Crippen LogP contribution in [0.15, 0.2) is 72.4 Å². The van der Waals surface area contributed by atoms with E-state index in [4.69, 9.17) is 9.47 Å². The number of ether oxygens (including phenoxy) is 2. The van der Waals surface area contributed by atoms with Crippen LogP contribution < -0.4 is 19.8 Å². The van der Waals surface area contributed by atoms with Gasteiger partial charge < -0.3 is 20.1 Å². The number of anilines is 2. The highest BCUT2D eigenvalue weighted by molar-refractivity contribution is 5.99. The van der Waals surface area contributed by atoms with Crippen LogP contribution in [0.4, 0.5) is 16.2 Å². The fraction of sp³-hybridized carbons (Fsp3) is 0.754. The van der Waals surface area contributed by atoms with Gasteiger partial charge in [-0.1, -0.05) is 131 Å². The van der Waals surface area contributed by atoms with Crippen molar-refractivity contribution in [2.24, 2.45) is 92.7 Å². The Bertz CT molecular complexity index is 2370. The minimum atomic E-state index is -0.416. The molecule has 0 bridgehead atoms. The van der Waals surface area contributed by atoms with Crippen LogP contribution in [-0.4, -0.2) is 30.2 Å². The van der Waals surface area contributed by atoms with Gasteiger partial charge in [-0.2, -0.15) is 9.13 Å². The van der Waals surface area contributed by atoms with Crippen molar-refractivity contribution in [1.82, 2.24) is 0 Å². The smallest absolute Gasteiger partial charge is 0.372 e. The van der Waals surface area contributed by atoms with E-state index in [9.17, 15) is 14.4 Å². The number of rotatable bonds is 18. The minimum Gasteiger partial charge on any atom is -0.457 e. The highest BCUT2D eigenvalue weighted by atomic mass is 16.5. The molecule has 16 atom stereocenters. The standard InChI is InChI=1S/C69H103N4O5/c1-45(2)15-11-17-47(5)57-25-27-59-55-23-21-49-39-53(29-33-66(49,7)61(55)31-35-68(57,59)9)77-63(74)43-72-37-13-19-51(41-72)70-65(76)71-52-20-14-38-73(42-52)44-64(75)78-54-30-34-67(8)50(40-54)22-24-56-60-28-26-58(48(6)18-12-16-46(3)4)69(60,10)36-32-62(56)67/h13-14,19-22,37-38,41-42,45-48,53-62H,11-12,15-18,23-36,39-40,43-44H2,1-10H3,(H-,70,71,76)/q+1/p+1/t47-,48-,53?,54?,55+,56+,57-,58-,59+,60+,61+,62+,66+,67+,68-,69-/m1/s1. The Balaban J connectivity index is 0.665. The maximum atomic E-state index is 13.5. The van der Waals surface area contributed by atoms with E-state index < -0.39 is 6.03 Å². The van der Waals surface area contributed by atoms with Crippen molar-refractivity contribution in [2.75, 3.05) is 10.6 Å². The Morgan fingerprint density at radius 1 is 0.551 bits per heavy atom. The van der Waals surface area contributed by atoms with Crippen molar-refractivity contribution in [3.05, 3.63) is 72.4 Å². The molecule has 0 spiro atoms.